The molecule has 0 saturated heterocycles. The van der Waals surface area contributed by atoms with Gasteiger partial charge >= 0.3 is 0 Å². The fraction of sp³-hybridized carbons (Fsp3) is 0.0909. The summed E-state index contributed by atoms with van der Waals surface area (Å²) >= 11 is 12.2. The van der Waals surface area contributed by atoms with Gasteiger partial charge in [0.05, 0.1) is 17.7 Å². The van der Waals surface area contributed by atoms with E-state index < -0.39 is 5.91 Å². The zero-order valence-electron chi connectivity index (χ0n) is 16.4. The molecule has 0 unspecified atom stereocenters. The topological polar surface area (TPSA) is 81.9 Å². The number of hydrogen-bond donors (Lipinski definition) is 1. The van der Waals surface area contributed by atoms with E-state index in [4.69, 9.17) is 27.9 Å². The first-order valence-electron chi connectivity index (χ1n) is 9.29. The molecule has 9 heteroatoms. The number of rotatable bonds is 6. The number of nitrogens with one attached hydrogen (secondary N) is 1. The quantitative estimate of drug-likeness (QED) is 0.444. The summed E-state index contributed by atoms with van der Waals surface area (Å²) in [5.41, 5.74) is 1.93. The van der Waals surface area contributed by atoms with E-state index in [0.29, 0.717) is 23.0 Å². The van der Waals surface area contributed by atoms with Gasteiger partial charge in [-0.25, -0.2) is 0 Å². The van der Waals surface area contributed by atoms with Crippen molar-refractivity contribution < 1.29 is 9.53 Å². The number of halogens is 2. The molecule has 0 aliphatic heterocycles. The highest BCUT2D eigenvalue weighted by atomic mass is 35.5. The highest BCUT2D eigenvalue weighted by Gasteiger charge is 2.21. The minimum atomic E-state index is -0.429. The highest BCUT2D eigenvalue weighted by molar-refractivity contribution is 6.36. The number of carbonyl (C=O) groups is 1. The molecule has 0 atom stereocenters. The maximum atomic E-state index is 13.2. The molecule has 0 radical (unpaired) electrons. The second-order valence-corrected chi connectivity index (χ2v) is 7.39. The van der Waals surface area contributed by atoms with Crippen LogP contribution in [0, 0.1) is 0 Å². The molecule has 0 aliphatic carbocycles. The Balaban J connectivity index is 1.68. The number of hydrogen-bond acceptors (Lipinski definition) is 6. The molecule has 4 aromatic rings. The Hall–Kier alpha value is -3.42. The summed E-state index contributed by atoms with van der Waals surface area (Å²) in [5.74, 6) is 0.981. The third-order valence-electron chi connectivity index (χ3n) is 4.49. The van der Waals surface area contributed by atoms with Crippen LogP contribution in [0.4, 0.5) is 5.95 Å². The molecule has 0 aliphatic rings. The van der Waals surface area contributed by atoms with Crippen molar-refractivity contribution in [1.29, 1.82) is 0 Å². The number of benzene rings is 2. The van der Waals surface area contributed by atoms with Crippen molar-refractivity contribution in [2.75, 3.05) is 12.4 Å². The van der Waals surface area contributed by atoms with E-state index in [2.05, 4.69) is 20.4 Å². The van der Waals surface area contributed by atoms with Crippen LogP contribution >= 0.6 is 23.2 Å². The lowest BCUT2D eigenvalue weighted by molar-refractivity contribution is 0.0947. The maximum Gasteiger partial charge on any atom is 0.282 e. The number of methoxy groups -OCH3 is 1. The SMILES string of the molecule is COc1ccc(CNc2nc(-c3cccnc3)nn2C(=O)c2ccc(Cl)cc2Cl)cc1. The highest BCUT2D eigenvalue weighted by Crippen LogP contribution is 2.24. The third kappa shape index (κ3) is 4.68. The maximum absolute atomic E-state index is 13.2. The Morgan fingerprint density at radius 3 is 2.61 bits per heavy atom. The van der Waals surface area contributed by atoms with Crippen molar-refractivity contribution in [1.82, 2.24) is 19.7 Å². The Labute approximate surface area is 188 Å². The van der Waals surface area contributed by atoms with Gasteiger partial charge < -0.3 is 10.1 Å². The zero-order chi connectivity index (χ0) is 21.8. The van der Waals surface area contributed by atoms with Crippen LogP contribution in [-0.4, -0.2) is 32.8 Å². The summed E-state index contributed by atoms with van der Waals surface area (Å²) in [6.45, 7) is 0.427. The van der Waals surface area contributed by atoms with Crippen LogP contribution in [0.25, 0.3) is 11.4 Å². The van der Waals surface area contributed by atoms with Crippen molar-refractivity contribution in [2.45, 2.75) is 6.54 Å². The van der Waals surface area contributed by atoms with Gasteiger partial charge in [0, 0.05) is 29.5 Å². The third-order valence-corrected chi connectivity index (χ3v) is 5.04. The van der Waals surface area contributed by atoms with E-state index in [1.54, 1.807) is 37.7 Å². The van der Waals surface area contributed by atoms with Gasteiger partial charge in [-0.15, -0.1) is 5.10 Å². The molecular weight excluding hydrogens is 437 g/mol. The molecule has 31 heavy (non-hydrogen) atoms. The number of aromatic nitrogens is 4. The van der Waals surface area contributed by atoms with Crippen LogP contribution in [0.1, 0.15) is 15.9 Å². The fourth-order valence-corrected chi connectivity index (χ4v) is 3.38. The molecule has 156 valence electrons. The van der Waals surface area contributed by atoms with Gasteiger partial charge in [0.2, 0.25) is 5.95 Å². The van der Waals surface area contributed by atoms with Crippen molar-refractivity contribution >= 4 is 35.1 Å². The Morgan fingerprint density at radius 1 is 1.13 bits per heavy atom. The van der Waals surface area contributed by atoms with Gasteiger partial charge in [-0.1, -0.05) is 35.3 Å². The van der Waals surface area contributed by atoms with Crippen molar-refractivity contribution in [3.8, 4) is 17.1 Å². The summed E-state index contributed by atoms with van der Waals surface area (Å²) in [5, 5.41) is 8.25. The summed E-state index contributed by atoms with van der Waals surface area (Å²) in [7, 11) is 1.61. The van der Waals surface area contributed by atoms with Crippen LogP contribution in [0.15, 0.2) is 67.0 Å². The summed E-state index contributed by atoms with van der Waals surface area (Å²) in [6.07, 6.45) is 3.29. The monoisotopic (exact) mass is 453 g/mol. The molecule has 0 fully saturated rings. The molecule has 2 aromatic heterocycles. The summed E-state index contributed by atoms with van der Waals surface area (Å²) < 4.78 is 6.38. The molecular formula is C22H17Cl2N5O2. The number of pyridine rings is 1. The van der Waals surface area contributed by atoms with Crippen LogP contribution < -0.4 is 10.1 Å². The number of carbonyl (C=O) groups excluding carboxylic acids is 1. The standard InChI is InChI=1S/C22H17Cl2N5O2/c1-31-17-7-4-14(5-8-17)12-26-22-27-20(15-3-2-10-25-13-15)28-29(22)21(30)18-9-6-16(23)11-19(18)24/h2-11,13H,12H2,1H3,(H,26,27,28). The first kappa shape index (κ1) is 20.8. The number of nitrogens with zero attached hydrogens (tertiary/aromatic N) is 4. The second kappa shape index (κ2) is 9.16. The Kier molecular flexibility index (Phi) is 6.16. The van der Waals surface area contributed by atoms with Gasteiger partial charge in [-0.2, -0.15) is 9.67 Å². The molecule has 7 nitrogen and oxygen atoms in total. The Morgan fingerprint density at radius 2 is 1.94 bits per heavy atom. The number of anilines is 1. The average molecular weight is 454 g/mol. The number of ether oxygens (including phenoxy) is 1. The van der Waals surface area contributed by atoms with Crippen LogP contribution in [0.2, 0.25) is 10.0 Å². The summed E-state index contributed by atoms with van der Waals surface area (Å²) in [6, 6.07) is 15.8. The van der Waals surface area contributed by atoms with Gasteiger partial charge in [-0.05, 0) is 48.0 Å². The molecule has 0 bridgehead atoms. The van der Waals surface area contributed by atoms with Gasteiger partial charge in [0.1, 0.15) is 5.75 Å². The minimum Gasteiger partial charge on any atom is -0.497 e. The molecule has 0 spiro atoms. The van der Waals surface area contributed by atoms with E-state index in [0.717, 1.165) is 11.3 Å². The van der Waals surface area contributed by atoms with Crippen LogP contribution in [0.3, 0.4) is 0 Å². The predicted molar refractivity (Wildman–Crippen MR) is 120 cm³/mol. The van der Waals surface area contributed by atoms with E-state index in [1.807, 2.05) is 30.3 Å². The van der Waals surface area contributed by atoms with Gasteiger partial charge in [0.25, 0.3) is 5.91 Å². The van der Waals surface area contributed by atoms with Crippen LogP contribution in [-0.2, 0) is 6.54 Å². The molecule has 1 N–H and O–H groups in total. The Bertz CT molecular complexity index is 1210. The van der Waals surface area contributed by atoms with Crippen molar-refractivity contribution in [3.63, 3.8) is 0 Å². The zero-order valence-corrected chi connectivity index (χ0v) is 17.9. The first-order chi connectivity index (χ1) is 15.0. The van der Waals surface area contributed by atoms with E-state index in [-0.39, 0.29) is 16.5 Å². The van der Waals surface area contributed by atoms with E-state index >= 15 is 0 Å². The lowest BCUT2D eigenvalue weighted by Gasteiger charge is -2.09. The summed E-state index contributed by atoms with van der Waals surface area (Å²) in [4.78, 5) is 21.8. The first-order valence-corrected chi connectivity index (χ1v) is 10.0. The lowest BCUT2D eigenvalue weighted by Crippen LogP contribution is -2.18. The van der Waals surface area contributed by atoms with E-state index in [9.17, 15) is 4.79 Å². The minimum absolute atomic E-state index is 0.233. The van der Waals surface area contributed by atoms with E-state index in [1.165, 1.54) is 10.7 Å². The molecule has 0 amide bonds. The van der Waals surface area contributed by atoms with Crippen molar-refractivity contribution in [3.05, 3.63) is 88.2 Å². The molecule has 2 heterocycles. The van der Waals surface area contributed by atoms with Gasteiger partial charge in [0.15, 0.2) is 5.82 Å². The largest absolute Gasteiger partial charge is 0.497 e. The molecule has 4 rings (SSSR count). The average Bonchev–Trinajstić information content (AvgIpc) is 3.22. The van der Waals surface area contributed by atoms with Crippen LogP contribution in [0.5, 0.6) is 5.75 Å². The molecule has 0 saturated carbocycles. The molecule has 2 aromatic carbocycles. The smallest absolute Gasteiger partial charge is 0.282 e. The predicted octanol–water partition coefficient (Wildman–Crippen LogP) is 4.96. The fourth-order valence-electron chi connectivity index (χ4n) is 2.89. The lowest BCUT2D eigenvalue weighted by atomic mass is 10.2. The van der Waals surface area contributed by atoms with Crippen molar-refractivity contribution in [2.24, 2.45) is 0 Å². The second-order valence-electron chi connectivity index (χ2n) is 6.54. The van der Waals surface area contributed by atoms with Gasteiger partial charge in [-0.3, -0.25) is 9.78 Å². The normalized spacial score (nSPS) is 10.7.